The molecule has 1 unspecified atom stereocenters. The van der Waals surface area contributed by atoms with Crippen LogP contribution in [0.15, 0.2) is 12.1 Å². The van der Waals surface area contributed by atoms with Crippen molar-refractivity contribution in [1.82, 2.24) is 9.88 Å². The fraction of sp³-hybridized carbons (Fsp3) is 0.714. The normalized spacial score (nSPS) is 18.5. The molecule has 1 aliphatic rings. The quantitative estimate of drug-likeness (QED) is 0.792. The van der Waals surface area contributed by atoms with Gasteiger partial charge >= 0.3 is 6.09 Å². The monoisotopic (exact) mass is 377 g/mol. The Morgan fingerprint density at radius 2 is 2.07 bits per heavy atom. The second-order valence-electron chi connectivity index (χ2n) is 8.79. The summed E-state index contributed by atoms with van der Waals surface area (Å²) in [6, 6.07) is 3.90. The van der Waals surface area contributed by atoms with Crippen LogP contribution in [0.5, 0.6) is 5.75 Å². The van der Waals surface area contributed by atoms with E-state index >= 15 is 0 Å². The fourth-order valence-corrected chi connectivity index (χ4v) is 3.36. The SMILES string of the molecule is CNc1ccc(OC(CC(C)C)[C@H]2CCN(C(=O)OC(C)(C)C)C2)c(C)n1. The minimum Gasteiger partial charge on any atom is -0.488 e. The van der Waals surface area contributed by atoms with Crippen LogP contribution in [0.1, 0.15) is 53.2 Å². The first-order valence-corrected chi connectivity index (χ1v) is 9.89. The van der Waals surface area contributed by atoms with Crippen molar-refractivity contribution in [3.8, 4) is 5.75 Å². The number of nitrogens with one attached hydrogen (secondary N) is 1. The number of rotatable bonds is 6. The predicted molar refractivity (Wildman–Crippen MR) is 108 cm³/mol. The molecule has 0 radical (unpaired) electrons. The number of hydrogen-bond acceptors (Lipinski definition) is 5. The van der Waals surface area contributed by atoms with E-state index in [1.165, 1.54) is 0 Å². The van der Waals surface area contributed by atoms with Crippen LogP contribution >= 0.6 is 0 Å². The Morgan fingerprint density at radius 1 is 1.37 bits per heavy atom. The van der Waals surface area contributed by atoms with Crippen molar-refractivity contribution in [3.63, 3.8) is 0 Å². The van der Waals surface area contributed by atoms with E-state index in [0.29, 0.717) is 24.9 Å². The van der Waals surface area contributed by atoms with E-state index in [9.17, 15) is 4.79 Å². The summed E-state index contributed by atoms with van der Waals surface area (Å²) in [6.07, 6.45) is 1.69. The van der Waals surface area contributed by atoms with Crippen LogP contribution in [-0.2, 0) is 4.74 Å². The molecule has 1 fully saturated rings. The molecular weight excluding hydrogens is 342 g/mol. The van der Waals surface area contributed by atoms with Crippen LogP contribution in [0.4, 0.5) is 10.6 Å². The molecule has 1 amide bonds. The summed E-state index contributed by atoms with van der Waals surface area (Å²) in [4.78, 5) is 18.7. The second-order valence-corrected chi connectivity index (χ2v) is 8.79. The zero-order chi connectivity index (χ0) is 20.2. The number of aryl methyl sites for hydroxylation is 1. The number of amides is 1. The predicted octanol–water partition coefficient (Wildman–Crippen LogP) is 4.48. The zero-order valence-corrected chi connectivity index (χ0v) is 17.8. The van der Waals surface area contributed by atoms with Crippen molar-refractivity contribution in [1.29, 1.82) is 0 Å². The van der Waals surface area contributed by atoms with Gasteiger partial charge in [0, 0.05) is 26.1 Å². The maximum atomic E-state index is 12.4. The molecule has 1 aromatic heterocycles. The largest absolute Gasteiger partial charge is 0.488 e. The van der Waals surface area contributed by atoms with Gasteiger partial charge in [0.25, 0.3) is 0 Å². The second kappa shape index (κ2) is 8.81. The van der Waals surface area contributed by atoms with E-state index in [2.05, 4.69) is 24.1 Å². The summed E-state index contributed by atoms with van der Waals surface area (Å²) in [7, 11) is 1.85. The highest BCUT2D eigenvalue weighted by Gasteiger charge is 2.35. The third kappa shape index (κ3) is 6.29. The van der Waals surface area contributed by atoms with Gasteiger partial charge in [0.05, 0.1) is 5.69 Å². The molecule has 0 aliphatic carbocycles. The van der Waals surface area contributed by atoms with Gasteiger partial charge in [-0.1, -0.05) is 13.8 Å². The van der Waals surface area contributed by atoms with Crippen LogP contribution in [0, 0.1) is 18.8 Å². The molecule has 0 aromatic carbocycles. The van der Waals surface area contributed by atoms with Crippen molar-refractivity contribution in [2.45, 2.75) is 66.1 Å². The first kappa shape index (κ1) is 21.3. The first-order chi connectivity index (χ1) is 12.6. The van der Waals surface area contributed by atoms with Crippen LogP contribution in [0.2, 0.25) is 0 Å². The summed E-state index contributed by atoms with van der Waals surface area (Å²) in [5, 5.41) is 3.05. The van der Waals surface area contributed by atoms with Crippen molar-refractivity contribution < 1.29 is 14.3 Å². The average molecular weight is 378 g/mol. The van der Waals surface area contributed by atoms with E-state index in [-0.39, 0.29) is 12.2 Å². The molecule has 6 nitrogen and oxygen atoms in total. The van der Waals surface area contributed by atoms with E-state index < -0.39 is 5.60 Å². The highest BCUT2D eigenvalue weighted by Crippen LogP contribution is 2.30. The lowest BCUT2D eigenvalue weighted by molar-refractivity contribution is 0.0270. The van der Waals surface area contributed by atoms with Crippen molar-refractivity contribution in [2.75, 3.05) is 25.5 Å². The lowest BCUT2D eigenvalue weighted by atomic mass is 9.93. The standard InChI is InChI=1S/C21H35N3O3/c1-14(2)12-18(26-17-8-9-19(22-7)23-15(17)3)16-10-11-24(13-16)20(25)27-21(4,5)6/h8-9,14,16,18H,10-13H2,1-7H3,(H,22,23)/t16-,18?/m0/s1. The van der Waals surface area contributed by atoms with Gasteiger partial charge in [-0.2, -0.15) is 0 Å². The van der Waals surface area contributed by atoms with E-state index in [1.54, 1.807) is 0 Å². The Kier molecular flexibility index (Phi) is 6.95. The smallest absolute Gasteiger partial charge is 0.410 e. The Hall–Kier alpha value is -1.98. The average Bonchev–Trinajstić information content (AvgIpc) is 3.04. The van der Waals surface area contributed by atoms with Gasteiger partial charge in [-0.15, -0.1) is 0 Å². The van der Waals surface area contributed by atoms with Gasteiger partial charge < -0.3 is 19.7 Å². The number of pyridine rings is 1. The third-order valence-electron chi connectivity index (χ3n) is 4.68. The molecule has 1 aliphatic heterocycles. The van der Waals surface area contributed by atoms with Crippen molar-refractivity contribution in [2.24, 2.45) is 11.8 Å². The van der Waals surface area contributed by atoms with Gasteiger partial charge in [-0.05, 0) is 58.6 Å². The third-order valence-corrected chi connectivity index (χ3v) is 4.68. The molecule has 2 atom stereocenters. The Balaban J connectivity index is 2.07. The highest BCUT2D eigenvalue weighted by molar-refractivity contribution is 5.68. The van der Waals surface area contributed by atoms with Gasteiger partial charge in [0.1, 0.15) is 23.3 Å². The summed E-state index contributed by atoms with van der Waals surface area (Å²) in [6.45, 7) is 13.4. The molecule has 0 bridgehead atoms. The van der Waals surface area contributed by atoms with Gasteiger partial charge in [0.2, 0.25) is 0 Å². The molecular formula is C21H35N3O3. The molecule has 1 N–H and O–H groups in total. The number of hydrogen-bond donors (Lipinski definition) is 1. The Labute approximate surface area is 163 Å². The summed E-state index contributed by atoms with van der Waals surface area (Å²) in [5.74, 6) is 2.45. The Bertz CT molecular complexity index is 640. The minimum atomic E-state index is -0.471. The van der Waals surface area contributed by atoms with Gasteiger partial charge in [-0.25, -0.2) is 9.78 Å². The van der Waals surface area contributed by atoms with E-state index in [0.717, 1.165) is 30.1 Å². The molecule has 0 spiro atoms. The van der Waals surface area contributed by atoms with Crippen LogP contribution in [-0.4, -0.2) is 47.8 Å². The Morgan fingerprint density at radius 3 is 2.63 bits per heavy atom. The van der Waals surface area contributed by atoms with Gasteiger partial charge in [-0.3, -0.25) is 0 Å². The number of ether oxygens (including phenoxy) is 2. The van der Waals surface area contributed by atoms with Crippen molar-refractivity contribution in [3.05, 3.63) is 17.8 Å². The van der Waals surface area contributed by atoms with Crippen LogP contribution in [0.3, 0.4) is 0 Å². The number of anilines is 1. The molecule has 1 aromatic rings. The molecule has 27 heavy (non-hydrogen) atoms. The fourth-order valence-electron chi connectivity index (χ4n) is 3.36. The topological polar surface area (TPSA) is 63.7 Å². The minimum absolute atomic E-state index is 0.0540. The maximum Gasteiger partial charge on any atom is 0.410 e. The first-order valence-electron chi connectivity index (χ1n) is 9.89. The lowest BCUT2D eigenvalue weighted by Gasteiger charge is -2.28. The van der Waals surface area contributed by atoms with Crippen LogP contribution in [0.25, 0.3) is 0 Å². The lowest BCUT2D eigenvalue weighted by Crippen LogP contribution is -2.37. The molecule has 0 saturated carbocycles. The summed E-state index contributed by atoms with van der Waals surface area (Å²) >= 11 is 0. The summed E-state index contributed by atoms with van der Waals surface area (Å²) < 4.78 is 11.9. The van der Waals surface area contributed by atoms with E-state index in [1.807, 2.05) is 51.8 Å². The van der Waals surface area contributed by atoms with Crippen LogP contribution < -0.4 is 10.1 Å². The highest BCUT2D eigenvalue weighted by atomic mass is 16.6. The number of carbonyl (C=O) groups is 1. The van der Waals surface area contributed by atoms with Gasteiger partial charge in [0.15, 0.2) is 0 Å². The summed E-state index contributed by atoms with van der Waals surface area (Å²) in [5.41, 5.74) is 0.401. The molecule has 6 heteroatoms. The molecule has 2 heterocycles. The molecule has 152 valence electrons. The number of carbonyl (C=O) groups excluding carboxylic acids is 1. The molecule has 2 rings (SSSR count). The number of nitrogens with zero attached hydrogens (tertiary/aromatic N) is 2. The number of likely N-dealkylation sites (tertiary alicyclic amines) is 1. The maximum absolute atomic E-state index is 12.4. The number of aromatic nitrogens is 1. The van der Waals surface area contributed by atoms with Crippen molar-refractivity contribution >= 4 is 11.9 Å². The molecule has 1 saturated heterocycles. The van der Waals surface area contributed by atoms with E-state index in [4.69, 9.17) is 9.47 Å². The zero-order valence-electron chi connectivity index (χ0n) is 17.8.